The van der Waals surface area contributed by atoms with Crippen molar-refractivity contribution in [2.45, 2.75) is 39.7 Å². The van der Waals surface area contributed by atoms with E-state index in [0.29, 0.717) is 24.6 Å². The number of rotatable bonds is 9. The number of benzene rings is 1. The summed E-state index contributed by atoms with van der Waals surface area (Å²) in [6.45, 7) is 9.14. The molecule has 1 atom stereocenters. The zero-order chi connectivity index (χ0) is 19.5. The highest BCUT2D eigenvalue weighted by molar-refractivity contribution is 7.07. The number of amides is 1. The average Bonchev–Trinajstić information content (AvgIpc) is 3.23. The van der Waals surface area contributed by atoms with Crippen LogP contribution >= 0.6 is 11.3 Å². The van der Waals surface area contributed by atoms with Crippen molar-refractivity contribution in [1.29, 1.82) is 0 Å². The molecule has 0 saturated heterocycles. The van der Waals surface area contributed by atoms with E-state index in [9.17, 15) is 4.79 Å². The van der Waals surface area contributed by atoms with Crippen molar-refractivity contribution in [1.82, 2.24) is 16.0 Å². The van der Waals surface area contributed by atoms with Gasteiger partial charge in [0, 0.05) is 25.2 Å². The Morgan fingerprint density at radius 2 is 2.04 bits per heavy atom. The van der Waals surface area contributed by atoms with Gasteiger partial charge in [-0.05, 0) is 59.3 Å². The van der Waals surface area contributed by atoms with Crippen LogP contribution in [0.25, 0.3) is 0 Å². The summed E-state index contributed by atoms with van der Waals surface area (Å²) in [7, 11) is 0. The Labute approximate surface area is 166 Å². The van der Waals surface area contributed by atoms with Gasteiger partial charge in [-0.2, -0.15) is 11.3 Å². The van der Waals surface area contributed by atoms with Gasteiger partial charge in [0.05, 0.1) is 6.54 Å². The van der Waals surface area contributed by atoms with E-state index in [4.69, 9.17) is 0 Å². The number of guanidine groups is 1. The normalized spacial score (nSPS) is 12.5. The number of nitrogens with one attached hydrogen (secondary N) is 3. The first-order valence-electron chi connectivity index (χ1n) is 9.55. The Morgan fingerprint density at radius 3 is 2.74 bits per heavy atom. The van der Waals surface area contributed by atoms with Crippen LogP contribution in [0.5, 0.6) is 0 Å². The number of nitrogens with zero attached hydrogens (tertiary/aromatic N) is 1. The molecule has 27 heavy (non-hydrogen) atoms. The van der Waals surface area contributed by atoms with E-state index in [-0.39, 0.29) is 5.91 Å². The van der Waals surface area contributed by atoms with Gasteiger partial charge >= 0.3 is 0 Å². The van der Waals surface area contributed by atoms with Crippen LogP contribution in [0.3, 0.4) is 0 Å². The van der Waals surface area contributed by atoms with Crippen LogP contribution in [0.2, 0.25) is 0 Å². The molecular weight excluding hydrogens is 356 g/mol. The second-order valence-electron chi connectivity index (χ2n) is 6.49. The van der Waals surface area contributed by atoms with Crippen LogP contribution in [0.1, 0.15) is 54.6 Å². The van der Waals surface area contributed by atoms with E-state index in [1.807, 2.05) is 31.2 Å². The second-order valence-corrected chi connectivity index (χ2v) is 7.27. The van der Waals surface area contributed by atoms with E-state index in [0.717, 1.165) is 31.0 Å². The molecule has 0 saturated carbocycles. The lowest BCUT2D eigenvalue weighted by Crippen LogP contribution is -2.39. The van der Waals surface area contributed by atoms with Crippen LogP contribution in [-0.4, -0.2) is 31.5 Å². The number of hydrogen-bond acceptors (Lipinski definition) is 3. The summed E-state index contributed by atoms with van der Waals surface area (Å²) in [4.78, 5) is 16.8. The van der Waals surface area contributed by atoms with E-state index in [1.54, 1.807) is 11.3 Å². The maximum absolute atomic E-state index is 12.1. The fourth-order valence-corrected chi connectivity index (χ4v) is 3.37. The van der Waals surface area contributed by atoms with Gasteiger partial charge in [0.15, 0.2) is 5.96 Å². The molecule has 1 aromatic carbocycles. The van der Waals surface area contributed by atoms with Crippen LogP contribution in [-0.2, 0) is 6.54 Å². The highest BCUT2D eigenvalue weighted by atomic mass is 32.1. The minimum Gasteiger partial charge on any atom is -0.357 e. The number of carbonyl (C=O) groups excluding carboxylic acids is 1. The Morgan fingerprint density at radius 1 is 1.19 bits per heavy atom. The van der Waals surface area contributed by atoms with Gasteiger partial charge < -0.3 is 16.0 Å². The van der Waals surface area contributed by atoms with Gasteiger partial charge in [-0.25, -0.2) is 4.99 Å². The predicted octanol–water partition coefficient (Wildman–Crippen LogP) is 3.75. The molecule has 1 amide bonds. The van der Waals surface area contributed by atoms with Crippen molar-refractivity contribution in [3.8, 4) is 0 Å². The molecule has 0 spiro atoms. The van der Waals surface area contributed by atoms with Crippen molar-refractivity contribution < 1.29 is 4.79 Å². The quantitative estimate of drug-likeness (QED) is 0.454. The van der Waals surface area contributed by atoms with Crippen molar-refractivity contribution in [3.63, 3.8) is 0 Å². The monoisotopic (exact) mass is 386 g/mol. The molecule has 0 fully saturated rings. The molecule has 3 N–H and O–H groups in total. The van der Waals surface area contributed by atoms with Gasteiger partial charge in [0.2, 0.25) is 0 Å². The van der Waals surface area contributed by atoms with E-state index >= 15 is 0 Å². The van der Waals surface area contributed by atoms with Crippen LogP contribution in [0.15, 0.2) is 46.1 Å². The number of aliphatic imine (C=N–C) groups is 1. The number of thiophene rings is 1. The molecule has 6 heteroatoms. The summed E-state index contributed by atoms with van der Waals surface area (Å²) in [6.07, 6.45) is 0.928. The molecule has 0 bridgehead atoms. The summed E-state index contributed by atoms with van der Waals surface area (Å²) < 4.78 is 0. The number of hydrogen-bond donors (Lipinski definition) is 3. The average molecular weight is 387 g/mol. The third-order valence-electron chi connectivity index (χ3n) is 4.18. The van der Waals surface area contributed by atoms with E-state index < -0.39 is 0 Å². The minimum absolute atomic E-state index is 0.0303. The minimum atomic E-state index is -0.0303. The first-order chi connectivity index (χ1) is 13.1. The third-order valence-corrected chi connectivity index (χ3v) is 4.88. The highest BCUT2D eigenvalue weighted by Gasteiger charge is 2.08. The zero-order valence-corrected chi connectivity index (χ0v) is 17.2. The van der Waals surface area contributed by atoms with Crippen molar-refractivity contribution in [2.75, 3.05) is 19.6 Å². The predicted molar refractivity (Wildman–Crippen MR) is 115 cm³/mol. The topological polar surface area (TPSA) is 65.5 Å². The fourth-order valence-electron chi connectivity index (χ4n) is 2.59. The molecule has 1 unspecified atom stereocenters. The first-order valence-corrected chi connectivity index (χ1v) is 10.5. The summed E-state index contributed by atoms with van der Waals surface area (Å²) in [5.74, 6) is 1.18. The third kappa shape index (κ3) is 7.06. The first kappa shape index (κ1) is 21.0. The smallest absolute Gasteiger partial charge is 0.251 e. The molecule has 0 aliphatic heterocycles. The Balaban J connectivity index is 1.96. The maximum Gasteiger partial charge on any atom is 0.251 e. The standard InChI is InChI=1S/C21H30N4OS/c1-4-10-23-20(26)18-8-6-7-17(12-18)14-25-21(22-5-2)24-13-16(3)19-9-11-27-15-19/h6-9,11-12,15-16H,4-5,10,13-14H2,1-3H3,(H,23,26)(H2,22,24,25). The molecule has 1 heterocycles. The lowest BCUT2D eigenvalue weighted by Gasteiger charge is -2.15. The molecule has 5 nitrogen and oxygen atoms in total. The Kier molecular flexibility index (Phi) is 8.84. The summed E-state index contributed by atoms with van der Waals surface area (Å²) >= 11 is 1.72. The number of carbonyl (C=O) groups is 1. The molecule has 146 valence electrons. The van der Waals surface area contributed by atoms with Crippen LogP contribution in [0.4, 0.5) is 0 Å². The van der Waals surface area contributed by atoms with E-state index in [2.05, 4.69) is 51.6 Å². The van der Waals surface area contributed by atoms with Gasteiger partial charge in [-0.15, -0.1) is 0 Å². The SMILES string of the molecule is CCCNC(=O)c1cccc(CN=C(NCC)NCC(C)c2ccsc2)c1. The Bertz CT molecular complexity index is 728. The lowest BCUT2D eigenvalue weighted by molar-refractivity contribution is 0.0953. The summed E-state index contributed by atoms with van der Waals surface area (Å²) in [6, 6.07) is 9.81. The molecule has 2 rings (SSSR count). The van der Waals surface area contributed by atoms with Gasteiger partial charge in [-0.3, -0.25) is 4.79 Å². The van der Waals surface area contributed by atoms with Gasteiger partial charge in [0.1, 0.15) is 0 Å². The molecule has 0 aliphatic carbocycles. The van der Waals surface area contributed by atoms with Crippen molar-refractivity contribution in [2.24, 2.45) is 4.99 Å². The Hall–Kier alpha value is -2.34. The zero-order valence-electron chi connectivity index (χ0n) is 16.4. The molecule has 0 radical (unpaired) electrons. The summed E-state index contributed by atoms with van der Waals surface area (Å²) in [5.41, 5.74) is 3.04. The maximum atomic E-state index is 12.1. The molecule has 2 aromatic rings. The lowest BCUT2D eigenvalue weighted by atomic mass is 10.1. The largest absolute Gasteiger partial charge is 0.357 e. The molecular formula is C21H30N4OS. The van der Waals surface area contributed by atoms with Gasteiger partial charge in [0.25, 0.3) is 5.91 Å². The fraction of sp³-hybridized carbons (Fsp3) is 0.429. The summed E-state index contributed by atoms with van der Waals surface area (Å²) in [5, 5.41) is 13.9. The van der Waals surface area contributed by atoms with Crippen LogP contribution < -0.4 is 16.0 Å². The molecule has 0 aliphatic rings. The van der Waals surface area contributed by atoms with Crippen molar-refractivity contribution >= 4 is 23.2 Å². The second kappa shape index (κ2) is 11.4. The van der Waals surface area contributed by atoms with Gasteiger partial charge in [-0.1, -0.05) is 26.0 Å². The van der Waals surface area contributed by atoms with Crippen molar-refractivity contribution in [3.05, 3.63) is 57.8 Å². The molecule has 1 aromatic heterocycles. The van der Waals surface area contributed by atoms with E-state index in [1.165, 1.54) is 5.56 Å². The van der Waals surface area contributed by atoms with Crippen LogP contribution in [0, 0.1) is 0 Å². The highest BCUT2D eigenvalue weighted by Crippen LogP contribution is 2.17.